The molecule has 0 saturated heterocycles. The highest BCUT2D eigenvalue weighted by Crippen LogP contribution is 2.28. The third kappa shape index (κ3) is 3.38. The summed E-state index contributed by atoms with van der Waals surface area (Å²) in [6, 6.07) is 8.99. The van der Waals surface area contributed by atoms with E-state index < -0.39 is 0 Å². The Hall–Kier alpha value is -1.39. The van der Waals surface area contributed by atoms with Gasteiger partial charge in [0.15, 0.2) is 0 Å². The first-order valence-electron chi connectivity index (χ1n) is 7.64. The van der Waals surface area contributed by atoms with E-state index in [2.05, 4.69) is 40.2 Å². The van der Waals surface area contributed by atoms with Crippen LogP contribution in [0.1, 0.15) is 36.4 Å². The molecule has 20 heavy (non-hydrogen) atoms. The third-order valence-corrected chi connectivity index (χ3v) is 4.12. The number of nitrogens with one attached hydrogen (secondary N) is 3. The molecule has 0 radical (unpaired) electrons. The molecular formula is C16H23N3O. The van der Waals surface area contributed by atoms with Crippen molar-refractivity contribution in [2.45, 2.75) is 31.8 Å². The lowest BCUT2D eigenvalue weighted by molar-refractivity contribution is -0.122. The standard InChI is InChI=1S/C16H23N3O/c20-16(12-5-6-12)19-10-9-18-15-7-8-17-11-13-3-1-2-4-14(13)15/h1-4,12,15,17-18H,5-11H2,(H,19,20). The first-order chi connectivity index (χ1) is 9.84. The summed E-state index contributed by atoms with van der Waals surface area (Å²) in [7, 11) is 0. The fourth-order valence-corrected chi connectivity index (χ4v) is 2.79. The van der Waals surface area contributed by atoms with Crippen molar-refractivity contribution in [2.75, 3.05) is 19.6 Å². The zero-order chi connectivity index (χ0) is 13.8. The average molecular weight is 273 g/mol. The number of amides is 1. The quantitative estimate of drug-likeness (QED) is 0.710. The van der Waals surface area contributed by atoms with Crippen molar-refractivity contribution in [3.05, 3.63) is 35.4 Å². The van der Waals surface area contributed by atoms with Crippen LogP contribution in [0.15, 0.2) is 24.3 Å². The summed E-state index contributed by atoms with van der Waals surface area (Å²) >= 11 is 0. The molecule has 4 nitrogen and oxygen atoms in total. The zero-order valence-electron chi connectivity index (χ0n) is 11.8. The molecule has 0 bridgehead atoms. The van der Waals surface area contributed by atoms with Gasteiger partial charge in [0.25, 0.3) is 0 Å². The Morgan fingerprint density at radius 3 is 2.90 bits per heavy atom. The van der Waals surface area contributed by atoms with E-state index >= 15 is 0 Å². The van der Waals surface area contributed by atoms with Crippen LogP contribution in [-0.2, 0) is 11.3 Å². The smallest absolute Gasteiger partial charge is 0.223 e. The summed E-state index contributed by atoms with van der Waals surface area (Å²) in [5.41, 5.74) is 2.77. The summed E-state index contributed by atoms with van der Waals surface area (Å²) < 4.78 is 0. The second kappa shape index (κ2) is 6.37. The van der Waals surface area contributed by atoms with Gasteiger partial charge < -0.3 is 16.0 Å². The van der Waals surface area contributed by atoms with Crippen molar-refractivity contribution < 1.29 is 4.79 Å². The Balaban J connectivity index is 1.50. The molecule has 1 saturated carbocycles. The lowest BCUT2D eigenvalue weighted by Crippen LogP contribution is -2.34. The second-order valence-electron chi connectivity index (χ2n) is 5.74. The van der Waals surface area contributed by atoms with Gasteiger partial charge in [0.2, 0.25) is 5.91 Å². The van der Waals surface area contributed by atoms with Crippen LogP contribution >= 0.6 is 0 Å². The Morgan fingerprint density at radius 2 is 2.05 bits per heavy atom. The van der Waals surface area contributed by atoms with Crippen LogP contribution in [0.3, 0.4) is 0 Å². The van der Waals surface area contributed by atoms with Gasteiger partial charge in [-0.05, 0) is 36.9 Å². The van der Waals surface area contributed by atoms with Crippen molar-refractivity contribution in [1.82, 2.24) is 16.0 Å². The van der Waals surface area contributed by atoms with Crippen LogP contribution < -0.4 is 16.0 Å². The largest absolute Gasteiger partial charge is 0.355 e. The zero-order valence-corrected chi connectivity index (χ0v) is 11.8. The summed E-state index contributed by atoms with van der Waals surface area (Å²) in [4.78, 5) is 11.6. The van der Waals surface area contributed by atoms with Gasteiger partial charge in [0.05, 0.1) is 0 Å². The number of carbonyl (C=O) groups is 1. The van der Waals surface area contributed by atoms with Gasteiger partial charge in [-0.2, -0.15) is 0 Å². The minimum atomic E-state index is 0.231. The Bertz CT molecular complexity index is 471. The maximum atomic E-state index is 11.6. The molecule has 0 spiro atoms. The predicted octanol–water partition coefficient (Wildman–Crippen LogP) is 1.34. The molecule has 0 aromatic heterocycles. The average Bonchev–Trinajstić information content (AvgIpc) is 3.30. The number of carbonyl (C=O) groups excluding carboxylic acids is 1. The molecule has 3 rings (SSSR count). The SMILES string of the molecule is O=C(NCCNC1CCNCc2ccccc21)C1CC1. The van der Waals surface area contributed by atoms with Gasteiger partial charge in [-0.1, -0.05) is 24.3 Å². The van der Waals surface area contributed by atoms with Crippen molar-refractivity contribution in [2.24, 2.45) is 5.92 Å². The highest BCUT2D eigenvalue weighted by Gasteiger charge is 2.29. The van der Waals surface area contributed by atoms with E-state index in [1.54, 1.807) is 0 Å². The molecule has 3 N–H and O–H groups in total. The molecule has 1 aliphatic heterocycles. The van der Waals surface area contributed by atoms with Gasteiger partial charge in [-0.3, -0.25) is 4.79 Å². The number of fused-ring (bicyclic) bond motifs is 1. The van der Waals surface area contributed by atoms with Crippen LogP contribution in [-0.4, -0.2) is 25.5 Å². The first-order valence-corrected chi connectivity index (χ1v) is 7.64. The molecular weight excluding hydrogens is 250 g/mol. The fourth-order valence-electron chi connectivity index (χ4n) is 2.79. The fraction of sp³-hybridized carbons (Fsp3) is 0.562. The lowest BCUT2D eigenvalue weighted by Gasteiger charge is -2.19. The van der Waals surface area contributed by atoms with E-state index in [1.165, 1.54) is 11.1 Å². The van der Waals surface area contributed by atoms with E-state index in [4.69, 9.17) is 0 Å². The van der Waals surface area contributed by atoms with Crippen molar-refractivity contribution in [3.63, 3.8) is 0 Å². The van der Waals surface area contributed by atoms with Crippen LogP contribution in [0.4, 0.5) is 0 Å². The van der Waals surface area contributed by atoms with E-state index in [1.807, 2.05) is 0 Å². The molecule has 1 heterocycles. The van der Waals surface area contributed by atoms with Crippen LogP contribution in [0.2, 0.25) is 0 Å². The Morgan fingerprint density at radius 1 is 1.20 bits per heavy atom. The monoisotopic (exact) mass is 273 g/mol. The van der Waals surface area contributed by atoms with Gasteiger partial charge in [-0.15, -0.1) is 0 Å². The molecule has 1 aliphatic carbocycles. The van der Waals surface area contributed by atoms with E-state index in [0.29, 0.717) is 12.0 Å². The van der Waals surface area contributed by atoms with Gasteiger partial charge in [-0.25, -0.2) is 0 Å². The number of hydrogen-bond acceptors (Lipinski definition) is 3. The third-order valence-electron chi connectivity index (χ3n) is 4.12. The minimum absolute atomic E-state index is 0.231. The van der Waals surface area contributed by atoms with Gasteiger partial charge in [0, 0.05) is 31.6 Å². The van der Waals surface area contributed by atoms with Gasteiger partial charge >= 0.3 is 0 Å². The highest BCUT2D eigenvalue weighted by molar-refractivity contribution is 5.80. The van der Waals surface area contributed by atoms with Crippen molar-refractivity contribution in [1.29, 1.82) is 0 Å². The Labute approximate surface area is 120 Å². The maximum Gasteiger partial charge on any atom is 0.223 e. The van der Waals surface area contributed by atoms with Gasteiger partial charge in [0.1, 0.15) is 0 Å². The van der Waals surface area contributed by atoms with Crippen LogP contribution in [0.5, 0.6) is 0 Å². The molecule has 1 amide bonds. The summed E-state index contributed by atoms with van der Waals surface area (Å²) in [5, 5.41) is 10.0. The molecule has 1 fully saturated rings. The number of rotatable bonds is 5. The van der Waals surface area contributed by atoms with E-state index in [0.717, 1.165) is 45.4 Å². The molecule has 1 aromatic carbocycles. The normalized spacial score (nSPS) is 21.9. The van der Waals surface area contributed by atoms with Crippen LogP contribution in [0, 0.1) is 5.92 Å². The van der Waals surface area contributed by atoms with E-state index in [-0.39, 0.29) is 5.91 Å². The maximum absolute atomic E-state index is 11.6. The molecule has 4 heteroatoms. The van der Waals surface area contributed by atoms with Crippen molar-refractivity contribution in [3.8, 4) is 0 Å². The molecule has 1 aromatic rings. The summed E-state index contributed by atoms with van der Waals surface area (Å²) in [6.45, 7) is 3.53. The molecule has 1 unspecified atom stereocenters. The summed E-state index contributed by atoms with van der Waals surface area (Å²) in [5.74, 6) is 0.535. The lowest BCUT2D eigenvalue weighted by atomic mass is 9.99. The van der Waals surface area contributed by atoms with E-state index in [9.17, 15) is 4.79 Å². The van der Waals surface area contributed by atoms with Crippen molar-refractivity contribution >= 4 is 5.91 Å². The number of hydrogen-bond donors (Lipinski definition) is 3. The molecule has 108 valence electrons. The van der Waals surface area contributed by atoms with Crippen LogP contribution in [0.25, 0.3) is 0 Å². The topological polar surface area (TPSA) is 53.2 Å². The summed E-state index contributed by atoms with van der Waals surface area (Å²) in [6.07, 6.45) is 3.23. The Kier molecular flexibility index (Phi) is 4.33. The number of benzene rings is 1. The molecule has 1 atom stereocenters. The highest BCUT2D eigenvalue weighted by atomic mass is 16.2. The molecule has 2 aliphatic rings. The first kappa shape index (κ1) is 13.6. The second-order valence-corrected chi connectivity index (χ2v) is 5.74. The predicted molar refractivity (Wildman–Crippen MR) is 79.2 cm³/mol. The minimum Gasteiger partial charge on any atom is -0.355 e.